The molecule has 0 radical (unpaired) electrons. The first-order valence-corrected chi connectivity index (χ1v) is 15.6. The molecule has 0 spiro atoms. The van der Waals surface area contributed by atoms with Gasteiger partial charge in [-0.3, -0.25) is 4.98 Å². The Kier molecular flexibility index (Phi) is 6.78. The molecule has 222 valence electrons. The lowest BCUT2D eigenvalue weighted by Crippen LogP contribution is -2.14. The van der Waals surface area contributed by atoms with Crippen LogP contribution in [-0.4, -0.2) is 19.9 Å². The van der Waals surface area contributed by atoms with Crippen LogP contribution in [0.2, 0.25) is 0 Å². The highest BCUT2D eigenvalue weighted by atomic mass is 15.0. The topological polar surface area (TPSA) is 55.9 Å². The zero-order valence-corrected chi connectivity index (χ0v) is 26.0. The first-order chi connectivity index (χ1) is 23.0. The fourth-order valence-electron chi connectivity index (χ4n) is 6.58. The molecule has 0 fully saturated rings. The van der Waals surface area contributed by atoms with Gasteiger partial charge in [0.15, 0.2) is 23.2 Å². The van der Waals surface area contributed by atoms with Gasteiger partial charge in [-0.15, -0.1) is 0 Å². The predicted molar refractivity (Wildman–Crippen MR) is 189 cm³/mol. The third-order valence-electron chi connectivity index (χ3n) is 8.98. The second kappa shape index (κ2) is 11.3. The van der Waals surface area contributed by atoms with Crippen LogP contribution >= 0.6 is 0 Å². The molecule has 0 bridgehead atoms. The van der Waals surface area contributed by atoms with E-state index in [1.54, 1.807) is 0 Å². The first kappa shape index (κ1) is 28.2. The Labute approximate surface area is 274 Å². The van der Waals surface area contributed by atoms with Gasteiger partial charge in [0.1, 0.15) is 0 Å². The van der Waals surface area contributed by atoms with Crippen LogP contribution in [0.4, 0.5) is 5.69 Å². The maximum absolute atomic E-state index is 7.81. The van der Waals surface area contributed by atoms with Crippen LogP contribution in [0, 0.1) is 6.57 Å². The molecule has 5 heteroatoms. The Morgan fingerprint density at radius 2 is 1.13 bits per heavy atom. The van der Waals surface area contributed by atoms with Crippen molar-refractivity contribution in [1.82, 2.24) is 19.9 Å². The number of rotatable bonds is 5. The molecule has 0 aliphatic heterocycles. The summed E-state index contributed by atoms with van der Waals surface area (Å²) in [4.78, 5) is 23.5. The van der Waals surface area contributed by atoms with Crippen molar-refractivity contribution in [2.24, 2.45) is 0 Å². The van der Waals surface area contributed by atoms with E-state index in [1.807, 2.05) is 97.2 Å². The van der Waals surface area contributed by atoms with Crippen molar-refractivity contribution in [3.8, 4) is 67.7 Å². The van der Waals surface area contributed by atoms with Crippen LogP contribution in [0.5, 0.6) is 0 Å². The van der Waals surface area contributed by atoms with Gasteiger partial charge in [0, 0.05) is 33.9 Å². The molecule has 0 atom stereocenters. The fourth-order valence-corrected chi connectivity index (χ4v) is 6.58. The number of pyridine rings is 1. The molecule has 0 saturated carbocycles. The second-order valence-corrected chi connectivity index (χ2v) is 12.2. The van der Waals surface area contributed by atoms with Gasteiger partial charge in [0.05, 0.1) is 12.3 Å². The van der Waals surface area contributed by atoms with E-state index in [0.717, 1.165) is 50.2 Å². The highest BCUT2D eigenvalue weighted by Crippen LogP contribution is 2.53. The minimum absolute atomic E-state index is 0.244. The largest absolute Gasteiger partial charge is 0.256 e. The zero-order valence-electron chi connectivity index (χ0n) is 26.0. The third-order valence-corrected chi connectivity index (χ3v) is 8.98. The molecule has 0 amide bonds. The van der Waals surface area contributed by atoms with Gasteiger partial charge >= 0.3 is 0 Å². The molecule has 5 aromatic carbocycles. The van der Waals surface area contributed by atoms with Crippen LogP contribution < -0.4 is 0 Å². The monoisotopic (exact) mass is 603 g/mol. The SMILES string of the molecule is [C-]#[N+]c1cccc2c1-c1ccc(-c3cc(-c4ccccn4)cc(-c4nc(-c5ccccc5)nc(-c5ccccc5)n4)c3)cc1C2(C)C. The normalized spacial score (nSPS) is 12.6. The summed E-state index contributed by atoms with van der Waals surface area (Å²) in [6.45, 7) is 12.3. The average molecular weight is 604 g/mol. The van der Waals surface area contributed by atoms with E-state index >= 15 is 0 Å². The summed E-state index contributed by atoms with van der Waals surface area (Å²) in [6, 6.07) is 45.1. The molecule has 2 aromatic heterocycles. The van der Waals surface area contributed by atoms with Gasteiger partial charge in [-0.1, -0.05) is 111 Å². The van der Waals surface area contributed by atoms with Crippen LogP contribution in [0.25, 0.3) is 72.5 Å². The van der Waals surface area contributed by atoms with Gasteiger partial charge < -0.3 is 0 Å². The van der Waals surface area contributed by atoms with E-state index in [2.05, 4.69) is 61.2 Å². The highest BCUT2D eigenvalue weighted by Gasteiger charge is 2.36. The lowest BCUT2D eigenvalue weighted by atomic mass is 9.81. The molecule has 5 nitrogen and oxygen atoms in total. The van der Waals surface area contributed by atoms with Gasteiger partial charge in [-0.05, 0) is 69.8 Å². The number of hydrogen-bond donors (Lipinski definition) is 0. The minimum Gasteiger partial charge on any atom is -0.256 e. The minimum atomic E-state index is -0.244. The van der Waals surface area contributed by atoms with E-state index in [4.69, 9.17) is 26.5 Å². The number of fused-ring (bicyclic) bond motifs is 3. The van der Waals surface area contributed by atoms with Gasteiger partial charge in [-0.2, -0.15) is 0 Å². The highest BCUT2D eigenvalue weighted by molar-refractivity contribution is 5.92. The van der Waals surface area contributed by atoms with E-state index in [-0.39, 0.29) is 5.41 Å². The van der Waals surface area contributed by atoms with Gasteiger partial charge in [0.2, 0.25) is 0 Å². The lowest BCUT2D eigenvalue weighted by Gasteiger charge is -2.22. The maximum Gasteiger partial charge on any atom is 0.195 e. The molecule has 2 heterocycles. The smallest absolute Gasteiger partial charge is 0.195 e. The second-order valence-electron chi connectivity index (χ2n) is 12.2. The molecule has 0 N–H and O–H groups in total. The summed E-state index contributed by atoms with van der Waals surface area (Å²) in [5.41, 5.74) is 11.7. The summed E-state index contributed by atoms with van der Waals surface area (Å²) in [6.07, 6.45) is 1.82. The average Bonchev–Trinajstić information content (AvgIpc) is 3.38. The van der Waals surface area contributed by atoms with E-state index in [0.29, 0.717) is 23.2 Å². The van der Waals surface area contributed by atoms with Crippen LogP contribution in [0.15, 0.2) is 140 Å². The molecule has 1 aliphatic carbocycles. The molecule has 0 saturated heterocycles. The number of nitrogens with zero attached hydrogens (tertiary/aromatic N) is 5. The molecule has 7 aromatic rings. The predicted octanol–water partition coefficient (Wildman–Crippen LogP) is 10.5. The summed E-state index contributed by atoms with van der Waals surface area (Å²) in [5.74, 6) is 1.83. The van der Waals surface area contributed by atoms with Crippen molar-refractivity contribution < 1.29 is 0 Å². The first-order valence-electron chi connectivity index (χ1n) is 15.6. The van der Waals surface area contributed by atoms with Crippen LogP contribution in [-0.2, 0) is 5.41 Å². The van der Waals surface area contributed by atoms with Crippen molar-refractivity contribution in [2.75, 3.05) is 0 Å². The van der Waals surface area contributed by atoms with Crippen molar-refractivity contribution in [3.05, 3.63) is 162 Å². The molecule has 1 aliphatic rings. The van der Waals surface area contributed by atoms with Crippen molar-refractivity contribution in [3.63, 3.8) is 0 Å². The molecule has 8 rings (SSSR count). The number of hydrogen-bond acceptors (Lipinski definition) is 4. The summed E-state index contributed by atoms with van der Waals surface area (Å²) < 4.78 is 0. The van der Waals surface area contributed by atoms with Crippen molar-refractivity contribution in [1.29, 1.82) is 0 Å². The van der Waals surface area contributed by atoms with Crippen LogP contribution in [0.1, 0.15) is 25.0 Å². The Bertz CT molecular complexity index is 2260. The van der Waals surface area contributed by atoms with E-state index < -0.39 is 0 Å². The van der Waals surface area contributed by atoms with Crippen molar-refractivity contribution in [2.45, 2.75) is 19.3 Å². The summed E-state index contributed by atoms with van der Waals surface area (Å²) in [7, 11) is 0. The lowest BCUT2D eigenvalue weighted by molar-refractivity contribution is 0.661. The van der Waals surface area contributed by atoms with E-state index in [1.165, 1.54) is 11.1 Å². The van der Waals surface area contributed by atoms with Crippen molar-refractivity contribution >= 4 is 5.69 Å². The molecular formula is C42H29N5. The van der Waals surface area contributed by atoms with E-state index in [9.17, 15) is 0 Å². The third kappa shape index (κ3) is 4.97. The van der Waals surface area contributed by atoms with Gasteiger partial charge in [-0.25, -0.2) is 19.8 Å². The fraction of sp³-hybridized carbons (Fsp3) is 0.0714. The summed E-state index contributed by atoms with van der Waals surface area (Å²) >= 11 is 0. The maximum atomic E-state index is 7.81. The standard InChI is InChI=1S/C42H29N5/c1-42(2)34-17-12-19-37(43-3)38(34)33-21-20-29(26-35(33)42)30-23-31(36-18-10-11-22-44-36)25-32(24-30)41-46-39(27-13-6-4-7-14-27)45-40(47-41)28-15-8-5-9-16-28/h4-26H,1-2H3. The quantitative estimate of drug-likeness (QED) is 0.184. The summed E-state index contributed by atoms with van der Waals surface area (Å²) in [5, 5.41) is 0. The molecule has 47 heavy (non-hydrogen) atoms. The molecular weight excluding hydrogens is 574 g/mol. The Hall–Kier alpha value is -6.25. The Morgan fingerprint density at radius 1 is 0.511 bits per heavy atom. The van der Waals surface area contributed by atoms with Gasteiger partial charge in [0.25, 0.3) is 0 Å². The zero-order chi connectivity index (χ0) is 32.0. The number of benzene rings is 5. The Balaban J connectivity index is 1.33. The molecule has 0 unspecified atom stereocenters. The van der Waals surface area contributed by atoms with Crippen LogP contribution in [0.3, 0.4) is 0 Å². The number of aromatic nitrogens is 4. The Morgan fingerprint density at radius 3 is 1.77 bits per heavy atom.